The van der Waals surface area contributed by atoms with Gasteiger partial charge in [0, 0.05) is 30.6 Å². The van der Waals surface area contributed by atoms with E-state index in [0.29, 0.717) is 35.6 Å². The van der Waals surface area contributed by atoms with E-state index >= 15 is 4.39 Å². The van der Waals surface area contributed by atoms with Crippen LogP contribution in [-0.2, 0) is 4.79 Å². The number of phenolic OH excluding ortho intramolecular Hbond substituents is 1. The highest BCUT2D eigenvalue weighted by Crippen LogP contribution is 2.44. The summed E-state index contributed by atoms with van der Waals surface area (Å²) in [6.07, 6.45) is 1.26. The first-order valence-electron chi connectivity index (χ1n) is 10.7. The Morgan fingerprint density at radius 3 is 2.82 bits per heavy atom. The molecular formula is C25H21ClFN3O3S. The highest BCUT2D eigenvalue weighted by Gasteiger charge is 2.31. The Bertz CT molecular complexity index is 1440. The molecule has 1 saturated heterocycles. The lowest BCUT2D eigenvalue weighted by Crippen LogP contribution is -2.56. The number of halogens is 2. The molecule has 34 heavy (non-hydrogen) atoms. The van der Waals surface area contributed by atoms with E-state index in [1.807, 2.05) is 29.2 Å². The number of carbonyl (C=O) groups excluding carboxylic acids is 1. The maximum atomic E-state index is 15.9. The molecule has 0 radical (unpaired) electrons. The molecule has 6 nitrogen and oxygen atoms in total. The van der Waals surface area contributed by atoms with Gasteiger partial charge < -0.3 is 20.0 Å². The second-order valence-corrected chi connectivity index (χ2v) is 9.32. The van der Waals surface area contributed by atoms with E-state index in [4.69, 9.17) is 11.6 Å². The second kappa shape index (κ2) is 8.87. The average molecular weight is 498 g/mol. The number of carbonyl (C=O) groups is 1. The van der Waals surface area contributed by atoms with Gasteiger partial charge in [-0.3, -0.25) is 4.79 Å². The smallest absolute Gasteiger partial charge is 0.246 e. The van der Waals surface area contributed by atoms with Crippen molar-refractivity contribution in [2.75, 3.05) is 31.1 Å². The molecule has 3 aromatic carbocycles. The number of fused-ring (bicyclic) bond motifs is 2. The number of aliphatic hydroxyl groups excluding tert-OH is 1. The van der Waals surface area contributed by atoms with Crippen molar-refractivity contribution in [3.8, 4) is 16.9 Å². The second-order valence-electron chi connectivity index (χ2n) is 8.16. The SMILES string of the molecule is C=CC(=O)N1CCN(c2snc3c(F)c(-c4cc(O)cc5ccccc45)c(Cl)cc23)[C@@H](CO)C1. The molecule has 0 spiro atoms. The number of piperazine rings is 1. The van der Waals surface area contributed by atoms with Gasteiger partial charge in [0.2, 0.25) is 5.91 Å². The molecule has 0 unspecified atom stereocenters. The maximum absolute atomic E-state index is 15.9. The lowest BCUT2D eigenvalue weighted by molar-refractivity contribution is -0.126. The summed E-state index contributed by atoms with van der Waals surface area (Å²) in [6.45, 7) is 4.58. The topological polar surface area (TPSA) is 76.9 Å². The molecule has 174 valence electrons. The summed E-state index contributed by atoms with van der Waals surface area (Å²) in [6, 6.07) is 11.8. The average Bonchev–Trinajstić information content (AvgIpc) is 3.26. The van der Waals surface area contributed by atoms with Crippen molar-refractivity contribution in [2.24, 2.45) is 0 Å². The Morgan fingerprint density at radius 2 is 2.06 bits per heavy atom. The maximum Gasteiger partial charge on any atom is 0.246 e. The zero-order valence-corrected chi connectivity index (χ0v) is 19.6. The molecular weight excluding hydrogens is 477 g/mol. The van der Waals surface area contributed by atoms with Crippen molar-refractivity contribution in [3.05, 3.63) is 66.0 Å². The van der Waals surface area contributed by atoms with E-state index in [0.717, 1.165) is 22.3 Å². The monoisotopic (exact) mass is 497 g/mol. The summed E-state index contributed by atoms with van der Waals surface area (Å²) in [7, 11) is 0. The van der Waals surface area contributed by atoms with Crippen LogP contribution in [0.1, 0.15) is 0 Å². The quantitative estimate of drug-likeness (QED) is 0.396. The third-order valence-electron chi connectivity index (χ3n) is 6.20. The molecule has 1 atom stereocenters. The van der Waals surface area contributed by atoms with Crippen LogP contribution in [0.5, 0.6) is 5.75 Å². The van der Waals surface area contributed by atoms with Crippen LogP contribution in [0.25, 0.3) is 32.8 Å². The zero-order chi connectivity index (χ0) is 24.0. The molecule has 1 aromatic heterocycles. The number of anilines is 1. The van der Waals surface area contributed by atoms with Gasteiger partial charge in [-0.2, -0.15) is 4.37 Å². The highest BCUT2D eigenvalue weighted by atomic mass is 35.5. The predicted molar refractivity (Wildman–Crippen MR) is 134 cm³/mol. The molecule has 1 fully saturated rings. The van der Waals surface area contributed by atoms with Crippen LogP contribution in [-0.4, -0.2) is 57.7 Å². The number of rotatable bonds is 4. The van der Waals surface area contributed by atoms with Crippen LogP contribution in [0.3, 0.4) is 0 Å². The van der Waals surface area contributed by atoms with Crippen LogP contribution in [0.2, 0.25) is 5.02 Å². The van der Waals surface area contributed by atoms with Gasteiger partial charge in [-0.15, -0.1) is 0 Å². The Labute approximate surface area is 204 Å². The van der Waals surface area contributed by atoms with E-state index in [1.165, 1.54) is 12.1 Å². The van der Waals surface area contributed by atoms with Crippen molar-refractivity contribution in [2.45, 2.75) is 6.04 Å². The van der Waals surface area contributed by atoms with E-state index < -0.39 is 5.82 Å². The van der Waals surface area contributed by atoms with Gasteiger partial charge in [-0.1, -0.05) is 42.4 Å². The number of hydrogen-bond acceptors (Lipinski definition) is 6. The van der Waals surface area contributed by atoms with E-state index in [-0.39, 0.29) is 40.4 Å². The molecule has 5 rings (SSSR count). The molecule has 1 aliphatic heterocycles. The minimum atomic E-state index is -0.568. The van der Waals surface area contributed by atoms with Crippen molar-refractivity contribution >= 4 is 55.7 Å². The molecule has 9 heteroatoms. The third kappa shape index (κ3) is 3.68. The number of benzene rings is 3. The Hall–Kier alpha value is -3.20. The predicted octanol–water partition coefficient (Wildman–Crippen LogP) is 4.81. The number of amides is 1. The number of aromatic hydroxyl groups is 1. The summed E-state index contributed by atoms with van der Waals surface area (Å²) in [5.41, 5.74) is 0.839. The standard InChI is InChI=1S/C25H21ClFN3O3S/c1-2-21(33)29-7-8-30(15(12-29)13-31)25-19-11-20(26)22(23(27)24(19)28-34-25)18-10-16(32)9-14-5-3-4-6-17(14)18/h2-6,9-11,15,31-32H,1,7-8,12-13H2/t15-/m1/s1. The minimum Gasteiger partial charge on any atom is -0.508 e. The molecule has 0 saturated carbocycles. The van der Waals surface area contributed by atoms with Gasteiger partial charge in [0.1, 0.15) is 16.3 Å². The number of phenols is 1. The fraction of sp³-hybridized carbons (Fsp3) is 0.200. The van der Waals surface area contributed by atoms with Gasteiger partial charge in [-0.05, 0) is 52.1 Å². The van der Waals surface area contributed by atoms with Crippen LogP contribution in [0.4, 0.5) is 9.39 Å². The van der Waals surface area contributed by atoms with Crippen LogP contribution in [0, 0.1) is 5.82 Å². The van der Waals surface area contributed by atoms with Crippen LogP contribution < -0.4 is 4.90 Å². The fourth-order valence-electron chi connectivity index (χ4n) is 4.56. The first-order chi connectivity index (χ1) is 16.4. The van der Waals surface area contributed by atoms with E-state index in [2.05, 4.69) is 11.0 Å². The van der Waals surface area contributed by atoms with Crippen LogP contribution in [0.15, 0.2) is 55.1 Å². The molecule has 0 bridgehead atoms. The molecule has 0 aliphatic carbocycles. The normalized spacial score (nSPS) is 16.4. The minimum absolute atomic E-state index is 0.0148. The summed E-state index contributed by atoms with van der Waals surface area (Å²) in [4.78, 5) is 15.6. The van der Waals surface area contributed by atoms with Crippen LogP contribution >= 0.6 is 23.1 Å². The molecule has 4 aromatic rings. The van der Waals surface area contributed by atoms with Crippen molar-refractivity contribution < 1.29 is 19.4 Å². The summed E-state index contributed by atoms with van der Waals surface area (Å²) < 4.78 is 20.3. The van der Waals surface area contributed by atoms with Gasteiger partial charge >= 0.3 is 0 Å². The first-order valence-corrected chi connectivity index (χ1v) is 11.9. The summed E-state index contributed by atoms with van der Waals surface area (Å²) in [5, 5.41) is 23.2. The fourth-order valence-corrected chi connectivity index (χ4v) is 5.81. The lowest BCUT2D eigenvalue weighted by Gasteiger charge is -2.41. The molecule has 2 heterocycles. The molecule has 1 amide bonds. The van der Waals surface area contributed by atoms with E-state index in [1.54, 1.807) is 17.0 Å². The molecule has 1 aliphatic rings. The number of aliphatic hydroxyl groups is 1. The van der Waals surface area contributed by atoms with Crippen molar-refractivity contribution in [1.82, 2.24) is 9.27 Å². The first kappa shape index (κ1) is 22.6. The lowest BCUT2D eigenvalue weighted by atomic mass is 9.96. The number of hydrogen-bond donors (Lipinski definition) is 2. The van der Waals surface area contributed by atoms with Gasteiger partial charge in [0.25, 0.3) is 0 Å². The highest BCUT2D eigenvalue weighted by molar-refractivity contribution is 7.11. The Kier molecular flexibility index (Phi) is 5.89. The Balaban J connectivity index is 1.61. The van der Waals surface area contributed by atoms with Crippen molar-refractivity contribution in [3.63, 3.8) is 0 Å². The molecule has 2 N–H and O–H groups in total. The Morgan fingerprint density at radius 1 is 1.26 bits per heavy atom. The van der Waals surface area contributed by atoms with E-state index in [9.17, 15) is 15.0 Å². The summed E-state index contributed by atoms with van der Waals surface area (Å²) in [5.74, 6) is -0.743. The number of aromatic nitrogens is 1. The zero-order valence-electron chi connectivity index (χ0n) is 18.0. The summed E-state index contributed by atoms with van der Waals surface area (Å²) >= 11 is 7.77. The van der Waals surface area contributed by atoms with Gasteiger partial charge in [0.15, 0.2) is 5.82 Å². The largest absolute Gasteiger partial charge is 0.508 e. The third-order valence-corrected chi connectivity index (χ3v) is 7.40. The van der Waals surface area contributed by atoms with Crippen molar-refractivity contribution in [1.29, 1.82) is 0 Å². The van der Waals surface area contributed by atoms with Gasteiger partial charge in [-0.25, -0.2) is 4.39 Å². The number of nitrogens with zero attached hydrogens (tertiary/aromatic N) is 3. The van der Waals surface area contributed by atoms with Gasteiger partial charge in [0.05, 0.1) is 17.7 Å².